The van der Waals surface area contributed by atoms with E-state index in [9.17, 15) is 0 Å². The third-order valence-corrected chi connectivity index (χ3v) is 2.50. The van der Waals surface area contributed by atoms with Gasteiger partial charge in [-0.25, -0.2) is 0 Å². The summed E-state index contributed by atoms with van der Waals surface area (Å²) in [6.45, 7) is 4.66. The van der Waals surface area contributed by atoms with Gasteiger partial charge in [0.05, 0.1) is 12.9 Å². The van der Waals surface area contributed by atoms with Crippen LogP contribution in [0.2, 0.25) is 0 Å². The molecule has 2 aromatic rings. The maximum Gasteiger partial charge on any atom is 0.215 e. The van der Waals surface area contributed by atoms with Crippen molar-refractivity contribution in [2.45, 2.75) is 26.3 Å². The number of pyridine rings is 1. The summed E-state index contributed by atoms with van der Waals surface area (Å²) in [7, 11) is 0. The highest BCUT2D eigenvalue weighted by atomic mass is 16.5. The van der Waals surface area contributed by atoms with E-state index < -0.39 is 0 Å². The molecule has 0 saturated carbocycles. The Morgan fingerprint density at radius 2 is 2.22 bits per heavy atom. The molecule has 96 valence electrons. The summed E-state index contributed by atoms with van der Waals surface area (Å²) in [5.41, 5.74) is 0. The summed E-state index contributed by atoms with van der Waals surface area (Å²) in [5, 5.41) is 3.33. The predicted octanol–water partition coefficient (Wildman–Crippen LogP) is 3.12. The van der Waals surface area contributed by atoms with Crippen molar-refractivity contribution in [3.05, 3.63) is 42.4 Å². The smallest absolute Gasteiger partial charge is 0.215 e. The van der Waals surface area contributed by atoms with E-state index in [4.69, 9.17) is 9.15 Å². The number of hydrogen-bond acceptors (Lipinski definition) is 4. The van der Waals surface area contributed by atoms with Crippen LogP contribution in [0.5, 0.6) is 5.88 Å². The second-order valence-corrected chi connectivity index (χ2v) is 4.12. The van der Waals surface area contributed by atoms with Crippen molar-refractivity contribution in [3.63, 3.8) is 0 Å². The van der Waals surface area contributed by atoms with E-state index in [1.807, 2.05) is 37.3 Å². The molecular formula is C14H18N2O2. The number of hydrogen-bond donors (Lipinski definition) is 1. The molecule has 1 atom stereocenters. The highest BCUT2D eigenvalue weighted by Gasteiger charge is 2.06. The fraction of sp³-hybridized carbons (Fsp3) is 0.357. The van der Waals surface area contributed by atoms with Gasteiger partial charge in [-0.1, -0.05) is 6.07 Å². The van der Waals surface area contributed by atoms with Crippen molar-refractivity contribution >= 4 is 5.82 Å². The molecule has 2 heterocycles. The number of aromatic nitrogens is 1. The lowest BCUT2D eigenvalue weighted by Gasteiger charge is -2.13. The molecule has 18 heavy (non-hydrogen) atoms. The average Bonchev–Trinajstić information content (AvgIpc) is 2.82. The van der Waals surface area contributed by atoms with Crippen molar-refractivity contribution in [3.8, 4) is 5.88 Å². The molecule has 0 aromatic carbocycles. The fourth-order valence-electron chi connectivity index (χ4n) is 1.76. The van der Waals surface area contributed by atoms with Crippen LogP contribution in [0.15, 0.2) is 41.0 Å². The van der Waals surface area contributed by atoms with Gasteiger partial charge >= 0.3 is 0 Å². The van der Waals surface area contributed by atoms with Crippen LogP contribution in [0.4, 0.5) is 5.82 Å². The van der Waals surface area contributed by atoms with Crippen LogP contribution in [-0.4, -0.2) is 17.6 Å². The molecule has 2 aromatic heterocycles. The van der Waals surface area contributed by atoms with Crippen molar-refractivity contribution in [2.24, 2.45) is 0 Å². The van der Waals surface area contributed by atoms with Gasteiger partial charge in [-0.3, -0.25) is 0 Å². The van der Waals surface area contributed by atoms with Crippen molar-refractivity contribution < 1.29 is 9.15 Å². The summed E-state index contributed by atoms with van der Waals surface area (Å²) in [4.78, 5) is 4.37. The monoisotopic (exact) mass is 246 g/mol. The molecule has 4 nitrogen and oxygen atoms in total. The highest BCUT2D eigenvalue weighted by Crippen LogP contribution is 2.13. The molecule has 1 unspecified atom stereocenters. The first-order valence-electron chi connectivity index (χ1n) is 6.16. The maximum absolute atomic E-state index is 5.36. The zero-order valence-electron chi connectivity index (χ0n) is 10.7. The molecule has 0 amide bonds. The maximum atomic E-state index is 5.36. The minimum absolute atomic E-state index is 0.250. The number of anilines is 1. The van der Waals surface area contributed by atoms with E-state index in [0.717, 1.165) is 18.0 Å². The zero-order valence-corrected chi connectivity index (χ0v) is 10.7. The lowest BCUT2D eigenvalue weighted by Crippen LogP contribution is -2.18. The van der Waals surface area contributed by atoms with E-state index in [0.29, 0.717) is 12.5 Å². The van der Waals surface area contributed by atoms with Gasteiger partial charge in [0.15, 0.2) is 0 Å². The number of furan rings is 1. The van der Waals surface area contributed by atoms with Crippen LogP contribution < -0.4 is 10.1 Å². The number of nitrogens with one attached hydrogen (secondary N) is 1. The quantitative estimate of drug-likeness (QED) is 0.850. The van der Waals surface area contributed by atoms with Gasteiger partial charge in [-0.2, -0.15) is 4.98 Å². The second kappa shape index (κ2) is 6.10. The van der Waals surface area contributed by atoms with E-state index in [-0.39, 0.29) is 6.04 Å². The Bertz CT molecular complexity index is 468. The highest BCUT2D eigenvalue weighted by molar-refractivity contribution is 5.38. The SMILES string of the molecule is CCOc1cccc(NC(C)Cc2ccco2)n1. The van der Waals surface area contributed by atoms with E-state index in [1.54, 1.807) is 6.26 Å². The minimum atomic E-state index is 0.250. The van der Waals surface area contributed by atoms with Crippen molar-refractivity contribution in [2.75, 3.05) is 11.9 Å². The summed E-state index contributed by atoms with van der Waals surface area (Å²) in [5.74, 6) is 2.43. The molecule has 0 aliphatic rings. The average molecular weight is 246 g/mol. The predicted molar refractivity (Wildman–Crippen MR) is 70.9 cm³/mol. The summed E-state index contributed by atoms with van der Waals surface area (Å²) >= 11 is 0. The lowest BCUT2D eigenvalue weighted by atomic mass is 10.2. The normalized spacial score (nSPS) is 12.1. The topological polar surface area (TPSA) is 47.3 Å². The van der Waals surface area contributed by atoms with Crippen LogP contribution in [0, 0.1) is 0 Å². The van der Waals surface area contributed by atoms with Gasteiger partial charge in [-0.05, 0) is 32.0 Å². The molecular weight excluding hydrogens is 228 g/mol. The molecule has 1 N–H and O–H groups in total. The van der Waals surface area contributed by atoms with E-state index >= 15 is 0 Å². The largest absolute Gasteiger partial charge is 0.478 e. The number of ether oxygens (including phenoxy) is 1. The van der Waals surface area contributed by atoms with Crippen molar-refractivity contribution in [1.82, 2.24) is 4.98 Å². The van der Waals surface area contributed by atoms with Gasteiger partial charge in [0.1, 0.15) is 11.6 Å². The summed E-state index contributed by atoms with van der Waals surface area (Å²) in [6.07, 6.45) is 2.52. The first-order chi connectivity index (χ1) is 8.78. The molecule has 2 rings (SSSR count). The van der Waals surface area contributed by atoms with Gasteiger partial charge in [-0.15, -0.1) is 0 Å². The van der Waals surface area contributed by atoms with Crippen LogP contribution in [-0.2, 0) is 6.42 Å². The van der Waals surface area contributed by atoms with Gasteiger partial charge < -0.3 is 14.5 Å². The van der Waals surface area contributed by atoms with Crippen LogP contribution in [0.1, 0.15) is 19.6 Å². The van der Waals surface area contributed by atoms with E-state index in [2.05, 4.69) is 17.2 Å². The van der Waals surface area contributed by atoms with E-state index in [1.165, 1.54) is 0 Å². The zero-order chi connectivity index (χ0) is 12.8. The lowest BCUT2D eigenvalue weighted by molar-refractivity contribution is 0.327. The van der Waals surface area contributed by atoms with Gasteiger partial charge in [0.25, 0.3) is 0 Å². The molecule has 0 saturated heterocycles. The summed E-state index contributed by atoms with van der Waals surface area (Å²) in [6, 6.07) is 9.84. The Hall–Kier alpha value is -1.97. The fourth-order valence-corrected chi connectivity index (χ4v) is 1.76. The van der Waals surface area contributed by atoms with Crippen molar-refractivity contribution in [1.29, 1.82) is 0 Å². The molecule has 0 aliphatic heterocycles. The van der Waals surface area contributed by atoms with Crippen LogP contribution in [0.3, 0.4) is 0 Å². The standard InChI is InChI=1S/C14H18N2O2/c1-3-17-14-8-4-7-13(16-14)15-11(2)10-12-6-5-9-18-12/h4-9,11H,3,10H2,1-2H3,(H,15,16). The van der Waals surface area contributed by atoms with Crippen LogP contribution in [0.25, 0.3) is 0 Å². The third-order valence-electron chi connectivity index (χ3n) is 2.50. The Morgan fingerprint density at radius 1 is 1.33 bits per heavy atom. The molecule has 0 bridgehead atoms. The van der Waals surface area contributed by atoms with Gasteiger partial charge in [0, 0.05) is 18.5 Å². The molecule has 4 heteroatoms. The second-order valence-electron chi connectivity index (χ2n) is 4.12. The van der Waals surface area contributed by atoms with Crippen LogP contribution >= 0.6 is 0 Å². The minimum Gasteiger partial charge on any atom is -0.478 e. The molecule has 0 spiro atoms. The van der Waals surface area contributed by atoms with Gasteiger partial charge in [0.2, 0.25) is 5.88 Å². The Kier molecular flexibility index (Phi) is 4.23. The Balaban J connectivity index is 1.93. The third kappa shape index (κ3) is 3.52. The first kappa shape index (κ1) is 12.5. The molecule has 0 fully saturated rings. The Labute approximate surface area is 107 Å². The number of nitrogens with zero attached hydrogens (tertiary/aromatic N) is 1. The molecule has 0 radical (unpaired) electrons. The Morgan fingerprint density at radius 3 is 2.94 bits per heavy atom. The first-order valence-corrected chi connectivity index (χ1v) is 6.16. The number of rotatable bonds is 6. The molecule has 0 aliphatic carbocycles. The summed E-state index contributed by atoms with van der Waals surface area (Å²) < 4.78 is 10.7.